The summed E-state index contributed by atoms with van der Waals surface area (Å²) in [5.74, 6) is -0.0979. The first-order chi connectivity index (χ1) is 6.57. The smallest absolute Gasteiger partial charge is 0.323 e. The van der Waals surface area contributed by atoms with Crippen molar-refractivity contribution in [3.05, 3.63) is 0 Å². The molecule has 0 aromatic heterocycles. The third kappa shape index (κ3) is 6.24. The van der Waals surface area contributed by atoms with Crippen LogP contribution in [0.2, 0.25) is 0 Å². The average molecular weight is 203 g/mol. The molecular formula is C8H17N3O3. The van der Waals surface area contributed by atoms with Gasteiger partial charge in [0.2, 0.25) is 0 Å². The maximum atomic E-state index is 11.0. The van der Waals surface area contributed by atoms with Crippen LogP contribution in [-0.2, 0) is 14.4 Å². The normalized spacial score (nSPS) is 13.5. The minimum Gasteiger partial charge on any atom is -0.465 e. The highest BCUT2D eigenvalue weighted by molar-refractivity contribution is 5.76. The second-order valence-electron chi connectivity index (χ2n) is 2.71. The molecule has 0 radical (unpaired) electrons. The van der Waals surface area contributed by atoms with E-state index < -0.39 is 12.0 Å². The summed E-state index contributed by atoms with van der Waals surface area (Å²) in [5.41, 5.74) is 10.7. The molecule has 0 heterocycles. The van der Waals surface area contributed by atoms with E-state index in [2.05, 4.69) is 5.16 Å². The van der Waals surface area contributed by atoms with Crippen molar-refractivity contribution in [2.45, 2.75) is 26.3 Å². The Hall–Kier alpha value is -1.30. The lowest BCUT2D eigenvalue weighted by atomic mass is 10.2. The van der Waals surface area contributed by atoms with E-state index in [0.717, 1.165) is 0 Å². The Balaban J connectivity index is 3.58. The van der Waals surface area contributed by atoms with Crippen molar-refractivity contribution in [2.24, 2.45) is 16.6 Å². The van der Waals surface area contributed by atoms with Crippen molar-refractivity contribution < 1.29 is 14.4 Å². The van der Waals surface area contributed by atoms with Crippen molar-refractivity contribution in [1.82, 2.24) is 0 Å². The largest absolute Gasteiger partial charge is 0.465 e. The summed E-state index contributed by atoms with van der Waals surface area (Å²) in [6.45, 7) is 3.90. The first kappa shape index (κ1) is 12.7. The fourth-order valence-electron chi connectivity index (χ4n) is 0.694. The Morgan fingerprint density at radius 2 is 2.21 bits per heavy atom. The molecule has 0 unspecified atom stereocenters. The molecule has 0 saturated heterocycles. The van der Waals surface area contributed by atoms with Gasteiger partial charge in [-0.15, -0.1) is 0 Å². The van der Waals surface area contributed by atoms with Crippen molar-refractivity contribution in [2.75, 3.05) is 13.2 Å². The number of carbonyl (C=O) groups excluding carboxylic acids is 1. The Morgan fingerprint density at radius 1 is 1.57 bits per heavy atom. The molecule has 0 saturated carbocycles. The molecule has 0 aromatic carbocycles. The van der Waals surface area contributed by atoms with Gasteiger partial charge in [0.25, 0.3) is 0 Å². The molecule has 1 atom stereocenters. The zero-order valence-corrected chi connectivity index (χ0v) is 8.53. The van der Waals surface area contributed by atoms with Gasteiger partial charge in [-0.05, 0) is 13.8 Å². The highest BCUT2D eigenvalue weighted by Gasteiger charge is 2.13. The lowest BCUT2D eigenvalue weighted by Crippen LogP contribution is -2.33. The van der Waals surface area contributed by atoms with Crippen LogP contribution in [0.4, 0.5) is 0 Å². The maximum absolute atomic E-state index is 11.0. The van der Waals surface area contributed by atoms with E-state index in [1.165, 1.54) is 0 Å². The monoisotopic (exact) mass is 203 g/mol. The summed E-state index contributed by atoms with van der Waals surface area (Å²) < 4.78 is 4.70. The van der Waals surface area contributed by atoms with Crippen molar-refractivity contribution in [1.29, 1.82) is 0 Å². The van der Waals surface area contributed by atoms with E-state index in [1.54, 1.807) is 13.8 Å². The number of hydrogen-bond donors (Lipinski definition) is 2. The number of nitrogens with zero attached hydrogens (tertiary/aromatic N) is 1. The third-order valence-electron chi connectivity index (χ3n) is 1.32. The molecule has 0 bridgehead atoms. The fourth-order valence-corrected chi connectivity index (χ4v) is 0.694. The first-order valence-electron chi connectivity index (χ1n) is 4.42. The number of rotatable bonds is 6. The lowest BCUT2D eigenvalue weighted by Gasteiger charge is -2.08. The van der Waals surface area contributed by atoms with Crippen LogP contribution in [0.15, 0.2) is 5.16 Å². The molecule has 0 aromatic rings. The topological polar surface area (TPSA) is 99.9 Å². The molecular weight excluding hydrogens is 186 g/mol. The van der Waals surface area contributed by atoms with E-state index in [-0.39, 0.29) is 6.61 Å². The van der Waals surface area contributed by atoms with Gasteiger partial charge in [-0.3, -0.25) is 4.79 Å². The number of ether oxygens (including phenoxy) is 1. The molecule has 0 aliphatic rings. The van der Waals surface area contributed by atoms with Gasteiger partial charge in [0, 0.05) is 6.42 Å². The highest BCUT2D eigenvalue weighted by Crippen LogP contribution is 1.93. The van der Waals surface area contributed by atoms with Gasteiger partial charge in [0.1, 0.15) is 18.5 Å². The van der Waals surface area contributed by atoms with Gasteiger partial charge in [0.15, 0.2) is 0 Å². The average Bonchev–Trinajstić information content (AvgIpc) is 2.12. The molecule has 6 heteroatoms. The summed E-state index contributed by atoms with van der Waals surface area (Å²) in [7, 11) is 0. The zero-order chi connectivity index (χ0) is 11.0. The van der Waals surface area contributed by atoms with Gasteiger partial charge in [0.05, 0.1) is 6.61 Å². The van der Waals surface area contributed by atoms with E-state index in [9.17, 15) is 4.79 Å². The predicted octanol–water partition coefficient (Wildman–Crippen LogP) is -0.424. The second kappa shape index (κ2) is 7.14. The molecule has 0 rings (SSSR count). The summed E-state index contributed by atoms with van der Waals surface area (Å²) in [4.78, 5) is 15.8. The van der Waals surface area contributed by atoms with Crippen LogP contribution in [0, 0.1) is 0 Å². The molecule has 0 amide bonds. The van der Waals surface area contributed by atoms with E-state index in [0.29, 0.717) is 18.9 Å². The number of carbonyl (C=O) groups is 1. The minimum atomic E-state index is -0.664. The summed E-state index contributed by atoms with van der Waals surface area (Å²) >= 11 is 0. The maximum Gasteiger partial charge on any atom is 0.323 e. The van der Waals surface area contributed by atoms with Gasteiger partial charge in [-0.2, -0.15) is 0 Å². The Morgan fingerprint density at radius 3 is 2.71 bits per heavy atom. The number of amidine groups is 1. The van der Waals surface area contributed by atoms with Gasteiger partial charge < -0.3 is 21.0 Å². The SMILES string of the molecule is CCOC(=O)[C@@H](N)CCO/N=C(/C)N. The molecule has 14 heavy (non-hydrogen) atoms. The standard InChI is InChI=1S/C8H17N3O3/c1-3-13-8(12)7(10)4-5-14-11-6(2)9/h7H,3-5,10H2,1-2H3,(H2,9,11)/t7-/m0/s1. The van der Waals surface area contributed by atoms with Gasteiger partial charge in [-0.1, -0.05) is 5.16 Å². The van der Waals surface area contributed by atoms with Crippen molar-refractivity contribution in [3.8, 4) is 0 Å². The highest BCUT2D eigenvalue weighted by atomic mass is 16.6. The zero-order valence-electron chi connectivity index (χ0n) is 8.53. The van der Waals surface area contributed by atoms with E-state index in [1.807, 2.05) is 0 Å². The summed E-state index contributed by atoms with van der Waals surface area (Å²) in [6.07, 6.45) is 0.357. The second-order valence-corrected chi connectivity index (χ2v) is 2.71. The molecule has 0 spiro atoms. The molecule has 6 nitrogen and oxygen atoms in total. The summed E-state index contributed by atoms with van der Waals surface area (Å²) in [6, 6.07) is -0.664. The van der Waals surface area contributed by atoms with Crippen LogP contribution in [0.5, 0.6) is 0 Å². The molecule has 0 aliphatic heterocycles. The van der Waals surface area contributed by atoms with Gasteiger partial charge >= 0.3 is 5.97 Å². The Kier molecular flexibility index (Phi) is 6.47. The quantitative estimate of drug-likeness (QED) is 0.201. The fraction of sp³-hybridized carbons (Fsp3) is 0.750. The molecule has 0 fully saturated rings. The lowest BCUT2D eigenvalue weighted by molar-refractivity contribution is -0.145. The summed E-state index contributed by atoms with van der Waals surface area (Å²) in [5, 5.41) is 3.49. The number of hydrogen-bond acceptors (Lipinski definition) is 5. The number of nitrogens with two attached hydrogens (primary N) is 2. The van der Waals surface area contributed by atoms with Crippen molar-refractivity contribution >= 4 is 11.8 Å². The van der Waals surface area contributed by atoms with Crippen LogP contribution in [0.1, 0.15) is 20.3 Å². The minimum absolute atomic E-state index is 0.245. The van der Waals surface area contributed by atoms with Crippen LogP contribution in [0.3, 0.4) is 0 Å². The molecule has 82 valence electrons. The Bertz CT molecular complexity index is 202. The molecule has 4 N–H and O–H groups in total. The van der Waals surface area contributed by atoms with E-state index >= 15 is 0 Å². The first-order valence-corrected chi connectivity index (χ1v) is 4.42. The number of oxime groups is 1. The Labute approximate surface area is 83.2 Å². The number of esters is 1. The predicted molar refractivity (Wildman–Crippen MR) is 52.5 cm³/mol. The van der Waals surface area contributed by atoms with Crippen LogP contribution < -0.4 is 11.5 Å². The van der Waals surface area contributed by atoms with Crippen LogP contribution >= 0.6 is 0 Å². The molecule has 0 aliphatic carbocycles. The van der Waals surface area contributed by atoms with Gasteiger partial charge in [-0.25, -0.2) is 0 Å². The van der Waals surface area contributed by atoms with Crippen molar-refractivity contribution in [3.63, 3.8) is 0 Å². The van der Waals surface area contributed by atoms with Crippen LogP contribution in [0.25, 0.3) is 0 Å². The van der Waals surface area contributed by atoms with E-state index in [4.69, 9.17) is 21.0 Å². The van der Waals surface area contributed by atoms with Crippen LogP contribution in [-0.4, -0.2) is 31.1 Å². The third-order valence-corrected chi connectivity index (χ3v) is 1.32.